The highest BCUT2D eigenvalue weighted by Gasteiger charge is 2.25. The van der Waals surface area contributed by atoms with Gasteiger partial charge in [-0.3, -0.25) is 0 Å². The molecular formula is C18H30N2. The lowest BCUT2D eigenvalue weighted by Gasteiger charge is -2.41. The third kappa shape index (κ3) is 3.83. The summed E-state index contributed by atoms with van der Waals surface area (Å²) in [6, 6.07) is 10.8. The van der Waals surface area contributed by atoms with Crippen LogP contribution in [0.15, 0.2) is 24.3 Å². The monoisotopic (exact) mass is 274 g/mol. The average Bonchev–Trinajstić information content (AvgIpc) is 2.44. The van der Waals surface area contributed by atoms with Crippen LogP contribution < -0.4 is 5.43 Å². The van der Waals surface area contributed by atoms with Crippen molar-refractivity contribution >= 4 is 0 Å². The van der Waals surface area contributed by atoms with Gasteiger partial charge in [-0.2, -0.15) is 0 Å². The predicted octanol–water partition coefficient (Wildman–Crippen LogP) is 4.47. The van der Waals surface area contributed by atoms with Gasteiger partial charge in [-0.25, -0.2) is 10.4 Å². The summed E-state index contributed by atoms with van der Waals surface area (Å²) in [6.07, 6.45) is 6.37. The van der Waals surface area contributed by atoms with Crippen LogP contribution in [0.4, 0.5) is 0 Å². The number of hydrogen-bond donors (Lipinski definition) is 1. The first-order valence-corrected chi connectivity index (χ1v) is 8.25. The standard InChI is InChI=1S/C18H30N2/c1-5-7-17-10-12-18(13-11-17)16(4)19-20-14(2)8-6-9-15(20)3/h10-16,19H,5-9H2,1-4H3. The quantitative estimate of drug-likeness (QED) is 0.852. The lowest BCUT2D eigenvalue weighted by molar-refractivity contribution is 0.0320. The van der Waals surface area contributed by atoms with Crippen LogP contribution in [-0.2, 0) is 6.42 Å². The van der Waals surface area contributed by atoms with Crippen LogP contribution in [0.3, 0.4) is 0 Å². The number of nitrogens with one attached hydrogen (secondary N) is 1. The van der Waals surface area contributed by atoms with E-state index in [1.165, 1.54) is 43.2 Å². The third-order valence-electron chi connectivity index (χ3n) is 4.55. The Balaban J connectivity index is 1.98. The van der Waals surface area contributed by atoms with Crippen LogP contribution in [0.5, 0.6) is 0 Å². The Bertz CT molecular complexity index is 388. The van der Waals surface area contributed by atoms with Crippen molar-refractivity contribution in [2.24, 2.45) is 0 Å². The van der Waals surface area contributed by atoms with Gasteiger partial charge < -0.3 is 0 Å². The summed E-state index contributed by atoms with van der Waals surface area (Å²) in [4.78, 5) is 0. The van der Waals surface area contributed by atoms with Crippen molar-refractivity contribution in [2.75, 3.05) is 0 Å². The minimum Gasteiger partial charge on any atom is -0.247 e. The predicted molar refractivity (Wildman–Crippen MR) is 86.6 cm³/mol. The zero-order chi connectivity index (χ0) is 14.5. The van der Waals surface area contributed by atoms with E-state index in [1.807, 2.05) is 0 Å². The molecule has 20 heavy (non-hydrogen) atoms. The largest absolute Gasteiger partial charge is 0.247 e. The molecule has 2 heteroatoms. The second-order valence-corrected chi connectivity index (χ2v) is 6.38. The molecule has 0 bridgehead atoms. The highest BCUT2D eigenvalue weighted by Crippen LogP contribution is 2.23. The van der Waals surface area contributed by atoms with Crippen LogP contribution in [0.25, 0.3) is 0 Å². The molecule has 0 amide bonds. The second kappa shape index (κ2) is 7.24. The van der Waals surface area contributed by atoms with E-state index in [2.05, 4.69) is 62.4 Å². The van der Waals surface area contributed by atoms with Gasteiger partial charge in [0.15, 0.2) is 0 Å². The molecule has 0 aliphatic carbocycles. The minimum absolute atomic E-state index is 0.383. The Morgan fingerprint density at radius 2 is 1.75 bits per heavy atom. The van der Waals surface area contributed by atoms with E-state index in [9.17, 15) is 0 Å². The number of piperidine rings is 1. The second-order valence-electron chi connectivity index (χ2n) is 6.38. The maximum Gasteiger partial charge on any atom is 0.0436 e. The number of benzene rings is 1. The average molecular weight is 274 g/mol. The Morgan fingerprint density at radius 3 is 2.30 bits per heavy atom. The molecule has 1 N–H and O–H groups in total. The van der Waals surface area contributed by atoms with Crippen molar-refractivity contribution in [3.63, 3.8) is 0 Å². The van der Waals surface area contributed by atoms with E-state index in [0.29, 0.717) is 18.1 Å². The van der Waals surface area contributed by atoms with E-state index in [1.54, 1.807) is 0 Å². The maximum absolute atomic E-state index is 3.72. The van der Waals surface area contributed by atoms with E-state index in [4.69, 9.17) is 0 Å². The zero-order valence-corrected chi connectivity index (χ0v) is 13.5. The summed E-state index contributed by atoms with van der Waals surface area (Å²) in [5.41, 5.74) is 6.55. The molecule has 2 rings (SSSR count). The number of aryl methyl sites for hydroxylation is 1. The maximum atomic E-state index is 3.72. The van der Waals surface area contributed by atoms with Crippen molar-refractivity contribution < 1.29 is 0 Å². The van der Waals surface area contributed by atoms with Crippen molar-refractivity contribution in [3.05, 3.63) is 35.4 Å². The third-order valence-corrected chi connectivity index (χ3v) is 4.55. The van der Waals surface area contributed by atoms with Gasteiger partial charge in [0.2, 0.25) is 0 Å². The number of rotatable bonds is 5. The molecular weight excluding hydrogens is 244 g/mol. The van der Waals surface area contributed by atoms with Gasteiger partial charge in [0.05, 0.1) is 0 Å². The molecule has 1 fully saturated rings. The summed E-state index contributed by atoms with van der Waals surface area (Å²) in [5.74, 6) is 0. The molecule has 112 valence electrons. The first-order chi connectivity index (χ1) is 9.61. The Morgan fingerprint density at radius 1 is 1.15 bits per heavy atom. The first kappa shape index (κ1) is 15.5. The molecule has 0 aromatic heterocycles. The molecule has 3 atom stereocenters. The van der Waals surface area contributed by atoms with Crippen LogP contribution in [0.1, 0.15) is 70.5 Å². The van der Waals surface area contributed by atoms with Gasteiger partial charge in [0, 0.05) is 18.1 Å². The minimum atomic E-state index is 0.383. The highest BCUT2D eigenvalue weighted by atomic mass is 15.5. The molecule has 0 saturated carbocycles. The van der Waals surface area contributed by atoms with Crippen molar-refractivity contribution in [1.82, 2.24) is 10.4 Å². The molecule has 1 aliphatic heterocycles. The molecule has 1 aromatic carbocycles. The molecule has 3 unspecified atom stereocenters. The summed E-state index contributed by atoms with van der Waals surface area (Å²) >= 11 is 0. The van der Waals surface area contributed by atoms with Crippen molar-refractivity contribution in [3.8, 4) is 0 Å². The number of hydrogen-bond acceptors (Lipinski definition) is 2. The van der Waals surface area contributed by atoms with E-state index >= 15 is 0 Å². The summed E-state index contributed by atoms with van der Waals surface area (Å²) in [6.45, 7) is 9.17. The SMILES string of the molecule is CCCc1ccc(C(C)NN2C(C)CCCC2C)cc1. The molecule has 0 radical (unpaired) electrons. The number of hydrazine groups is 1. The van der Waals surface area contributed by atoms with Crippen LogP contribution in [0, 0.1) is 0 Å². The molecule has 1 saturated heterocycles. The van der Waals surface area contributed by atoms with Gasteiger partial charge in [-0.15, -0.1) is 0 Å². The van der Waals surface area contributed by atoms with Crippen molar-refractivity contribution in [1.29, 1.82) is 0 Å². The van der Waals surface area contributed by atoms with Crippen LogP contribution in [-0.4, -0.2) is 17.1 Å². The highest BCUT2D eigenvalue weighted by molar-refractivity contribution is 5.24. The summed E-state index contributed by atoms with van der Waals surface area (Å²) in [7, 11) is 0. The molecule has 0 spiro atoms. The normalized spacial score (nSPS) is 25.6. The van der Waals surface area contributed by atoms with Gasteiger partial charge in [0.1, 0.15) is 0 Å². The molecule has 2 nitrogen and oxygen atoms in total. The van der Waals surface area contributed by atoms with Crippen LogP contribution in [0.2, 0.25) is 0 Å². The fraction of sp³-hybridized carbons (Fsp3) is 0.667. The summed E-state index contributed by atoms with van der Waals surface area (Å²) in [5, 5.41) is 2.47. The van der Waals surface area contributed by atoms with E-state index in [-0.39, 0.29) is 0 Å². The summed E-state index contributed by atoms with van der Waals surface area (Å²) < 4.78 is 0. The Hall–Kier alpha value is -0.860. The first-order valence-electron chi connectivity index (χ1n) is 8.25. The van der Waals surface area contributed by atoms with Gasteiger partial charge in [0.25, 0.3) is 0 Å². The Labute approximate surface area is 124 Å². The lowest BCUT2D eigenvalue weighted by Crippen LogP contribution is -2.52. The van der Waals surface area contributed by atoms with Crippen LogP contribution >= 0.6 is 0 Å². The molecule has 1 aromatic rings. The Kier molecular flexibility index (Phi) is 5.62. The fourth-order valence-electron chi connectivity index (χ4n) is 3.24. The van der Waals surface area contributed by atoms with Gasteiger partial charge in [-0.05, 0) is 51.2 Å². The van der Waals surface area contributed by atoms with E-state index < -0.39 is 0 Å². The smallest absolute Gasteiger partial charge is 0.0436 e. The molecule has 1 aliphatic rings. The fourth-order valence-corrected chi connectivity index (χ4v) is 3.24. The lowest BCUT2D eigenvalue weighted by atomic mass is 9.99. The van der Waals surface area contributed by atoms with Crippen molar-refractivity contribution in [2.45, 2.75) is 77.9 Å². The topological polar surface area (TPSA) is 15.3 Å². The van der Waals surface area contributed by atoms with Gasteiger partial charge >= 0.3 is 0 Å². The van der Waals surface area contributed by atoms with Gasteiger partial charge in [-0.1, -0.05) is 44.0 Å². The zero-order valence-electron chi connectivity index (χ0n) is 13.5. The number of nitrogens with zero attached hydrogens (tertiary/aromatic N) is 1. The molecule has 1 heterocycles. The van der Waals surface area contributed by atoms with E-state index in [0.717, 1.165) is 0 Å².